The topological polar surface area (TPSA) is 26.0 Å². The molecule has 0 saturated heterocycles. The van der Waals surface area contributed by atoms with E-state index in [0.717, 1.165) is 16.5 Å². The molecule has 0 aliphatic heterocycles. The fraction of sp³-hybridized carbons (Fsp3) is 0.231. The molecule has 0 saturated carbocycles. The Morgan fingerprint density at radius 1 is 1.35 bits per heavy atom. The van der Waals surface area contributed by atoms with Crippen molar-refractivity contribution in [1.29, 1.82) is 0 Å². The molecule has 17 heavy (non-hydrogen) atoms. The van der Waals surface area contributed by atoms with Gasteiger partial charge in [-0.05, 0) is 64.9 Å². The van der Waals surface area contributed by atoms with E-state index >= 15 is 0 Å². The molecule has 1 heterocycles. The van der Waals surface area contributed by atoms with Crippen LogP contribution in [0.5, 0.6) is 0 Å². The summed E-state index contributed by atoms with van der Waals surface area (Å²) in [6.07, 6.45) is 1.07. The summed E-state index contributed by atoms with van der Waals surface area (Å²) in [5, 5.41) is 0. The van der Waals surface area contributed by atoms with Gasteiger partial charge >= 0.3 is 0 Å². The minimum atomic E-state index is -0.0376. The average Bonchev–Trinajstić information content (AvgIpc) is 2.80. The van der Waals surface area contributed by atoms with Gasteiger partial charge < -0.3 is 5.73 Å². The first-order valence-electron chi connectivity index (χ1n) is 5.41. The van der Waals surface area contributed by atoms with Crippen molar-refractivity contribution in [3.63, 3.8) is 0 Å². The Morgan fingerprint density at radius 2 is 2.12 bits per heavy atom. The Morgan fingerprint density at radius 3 is 2.76 bits per heavy atom. The molecular formula is C13H13BrINS. The van der Waals surface area contributed by atoms with Crippen LogP contribution >= 0.6 is 49.9 Å². The molecule has 1 atom stereocenters. The number of halogens is 2. The Balaban J connectivity index is 2.35. The maximum Gasteiger partial charge on any atom is 0.0657 e. The highest BCUT2D eigenvalue weighted by Gasteiger charge is 2.14. The Labute approximate surface area is 128 Å². The summed E-state index contributed by atoms with van der Waals surface area (Å²) < 4.78 is 2.29. The zero-order valence-electron chi connectivity index (χ0n) is 9.41. The second-order valence-corrected chi connectivity index (χ2v) is 7.10. The number of hydrogen-bond acceptors (Lipinski definition) is 2. The first-order chi connectivity index (χ1) is 8.11. The molecule has 0 aliphatic carbocycles. The van der Waals surface area contributed by atoms with Crippen LogP contribution in [0, 0.1) is 3.57 Å². The van der Waals surface area contributed by atoms with Crippen LogP contribution in [0.2, 0.25) is 0 Å². The largest absolute Gasteiger partial charge is 0.320 e. The molecule has 0 bridgehead atoms. The molecule has 1 nitrogen and oxygen atoms in total. The van der Waals surface area contributed by atoms with Gasteiger partial charge in [0.1, 0.15) is 0 Å². The molecule has 0 radical (unpaired) electrons. The Hall–Kier alpha value is 0.0900. The van der Waals surface area contributed by atoms with Gasteiger partial charge in [0.2, 0.25) is 0 Å². The predicted octanol–water partition coefficient (Wildman–Crippen LogP) is 4.73. The fourth-order valence-electron chi connectivity index (χ4n) is 1.66. The van der Waals surface area contributed by atoms with Gasteiger partial charge in [-0.2, -0.15) is 0 Å². The SMILES string of the molecule is CCc1ccc(C(N)c2cc(I)ccc2Br)s1. The van der Waals surface area contributed by atoms with Crippen molar-refractivity contribution >= 4 is 49.9 Å². The second kappa shape index (κ2) is 5.82. The molecule has 2 aromatic rings. The highest BCUT2D eigenvalue weighted by molar-refractivity contribution is 14.1. The molecule has 0 fully saturated rings. The molecule has 1 unspecified atom stereocenters. The van der Waals surface area contributed by atoms with Gasteiger partial charge in [-0.25, -0.2) is 0 Å². The fourth-order valence-corrected chi connectivity index (χ4v) is 3.64. The van der Waals surface area contributed by atoms with Crippen LogP contribution in [0.15, 0.2) is 34.8 Å². The summed E-state index contributed by atoms with van der Waals surface area (Å²) in [6, 6.07) is 10.5. The molecule has 2 rings (SSSR count). The van der Waals surface area contributed by atoms with Crippen LogP contribution in [0.4, 0.5) is 0 Å². The van der Waals surface area contributed by atoms with Gasteiger partial charge in [0, 0.05) is 17.8 Å². The molecule has 90 valence electrons. The van der Waals surface area contributed by atoms with Crippen LogP contribution in [0.3, 0.4) is 0 Å². The van der Waals surface area contributed by atoms with Crippen molar-refractivity contribution in [2.75, 3.05) is 0 Å². The molecule has 0 aliphatic rings. The van der Waals surface area contributed by atoms with Gasteiger partial charge in [-0.3, -0.25) is 0 Å². The summed E-state index contributed by atoms with van der Waals surface area (Å²) in [4.78, 5) is 2.61. The lowest BCUT2D eigenvalue weighted by Crippen LogP contribution is -2.11. The normalized spacial score (nSPS) is 12.7. The zero-order valence-corrected chi connectivity index (χ0v) is 14.0. The van der Waals surface area contributed by atoms with E-state index in [1.165, 1.54) is 13.3 Å². The van der Waals surface area contributed by atoms with Crippen molar-refractivity contribution in [3.05, 3.63) is 53.7 Å². The van der Waals surface area contributed by atoms with Gasteiger partial charge in [-0.1, -0.05) is 22.9 Å². The van der Waals surface area contributed by atoms with Crippen molar-refractivity contribution in [1.82, 2.24) is 0 Å². The zero-order chi connectivity index (χ0) is 12.4. The van der Waals surface area contributed by atoms with Crippen molar-refractivity contribution < 1.29 is 0 Å². The highest BCUT2D eigenvalue weighted by Crippen LogP contribution is 2.32. The van der Waals surface area contributed by atoms with Crippen LogP contribution in [-0.2, 0) is 6.42 Å². The highest BCUT2D eigenvalue weighted by atomic mass is 127. The monoisotopic (exact) mass is 421 g/mol. The van der Waals surface area contributed by atoms with Crippen LogP contribution in [-0.4, -0.2) is 0 Å². The van der Waals surface area contributed by atoms with Crippen molar-refractivity contribution in [2.45, 2.75) is 19.4 Å². The minimum Gasteiger partial charge on any atom is -0.320 e. The summed E-state index contributed by atoms with van der Waals surface area (Å²) in [6.45, 7) is 2.17. The van der Waals surface area contributed by atoms with E-state index in [9.17, 15) is 0 Å². The van der Waals surface area contributed by atoms with E-state index in [1.807, 2.05) is 0 Å². The molecule has 1 aromatic heterocycles. The second-order valence-electron chi connectivity index (χ2n) is 3.80. The van der Waals surface area contributed by atoms with Crippen LogP contribution < -0.4 is 5.73 Å². The molecule has 4 heteroatoms. The van der Waals surface area contributed by atoms with Gasteiger partial charge in [0.25, 0.3) is 0 Å². The molecular weight excluding hydrogens is 409 g/mol. The Kier molecular flexibility index (Phi) is 4.63. The predicted molar refractivity (Wildman–Crippen MR) is 86.6 cm³/mol. The number of rotatable bonds is 3. The molecule has 0 spiro atoms. The maximum absolute atomic E-state index is 6.33. The van der Waals surface area contributed by atoms with Gasteiger partial charge in [0.15, 0.2) is 0 Å². The first kappa shape index (κ1) is 13.5. The van der Waals surface area contributed by atoms with Gasteiger partial charge in [-0.15, -0.1) is 11.3 Å². The third-order valence-electron chi connectivity index (χ3n) is 2.63. The van der Waals surface area contributed by atoms with E-state index in [4.69, 9.17) is 5.73 Å². The lowest BCUT2D eigenvalue weighted by atomic mass is 10.1. The minimum absolute atomic E-state index is 0.0376. The standard InChI is InChI=1S/C13H13BrINS/c1-2-9-4-6-12(17-9)13(16)10-7-8(15)3-5-11(10)14/h3-7,13H,2,16H2,1H3. The number of hydrogen-bond donors (Lipinski definition) is 1. The lowest BCUT2D eigenvalue weighted by molar-refractivity contribution is 0.886. The summed E-state index contributed by atoms with van der Waals surface area (Å²) >= 11 is 7.69. The molecule has 2 N–H and O–H groups in total. The number of nitrogens with two attached hydrogens (primary N) is 1. The van der Waals surface area contributed by atoms with E-state index in [-0.39, 0.29) is 6.04 Å². The third-order valence-corrected chi connectivity index (χ3v) is 5.34. The van der Waals surface area contributed by atoms with Crippen molar-refractivity contribution in [3.8, 4) is 0 Å². The van der Waals surface area contributed by atoms with Crippen LogP contribution in [0.25, 0.3) is 0 Å². The number of thiophene rings is 1. The van der Waals surface area contributed by atoms with E-state index in [2.05, 4.69) is 75.8 Å². The third kappa shape index (κ3) is 3.10. The van der Waals surface area contributed by atoms with E-state index < -0.39 is 0 Å². The van der Waals surface area contributed by atoms with Gasteiger partial charge in [0.05, 0.1) is 6.04 Å². The lowest BCUT2D eigenvalue weighted by Gasteiger charge is -2.12. The summed E-state index contributed by atoms with van der Waals surface area (Å²) in [7, 11) is 0. The number of benzene rings is 1. The maximum atomic E-state index is 6.33. The summed E-state index contributed by atoms with van der Waals surface area (Å²) in [5.41, 5.74) is 7.49. The summed E-state index contributed by atoms with van der Waals surface area (Å²) in [5.74, 6) is 0. The van der Waals surface area contributed by atoms with Crippen molar-refractivity contribution in [2.24, 2.45) is 5.73 Å². The molecule has 1 aromatic carbocycles. The smallest absolute Gasteiger partial charge is 0.0657 e. The average molecular weight is 422 g/mol. The van der Waals surface area contributed by atoms with E-state index in [1.54, 1.807) is 11.3 Å². The first-order valence-corrected chi connectivity index (χ1v) is 8.09. The van der Waals surface area contributed by atoms with E-state index in [0.29, 0.717) is 0 Å². The quantitative estimate of drug-likeness (QED) is 0.712. The molecule has 0 amide bonds. The number of aryl methyl sites for hydroxylation is 1. The Bertz CT molecular complexity index is 524. The van der Waals surface area contributed by atoms with Crippen LogP contribution in [0.1, 0.15) is 28.3 Å².